The normalized spacial score (nSPS) is 11.7. The molecular weight excluding hydrogens is 236 g/mol. The fourth-order valence-corrected chi connectivity index (χ4v) is 2.16. The molecule has 2 aromatic rings. The molecule has 0 aliphatic heterocycles. The topological polar surface area (TPSA) is 42.7 Å². The highest BCUT2D eigenvalue weighted by Crippen LogP contribution is 2.27. The van der Waals surface area contributed by atoms with Crippen LogP contribution in [0.3, 0.4) is 0 Å². The first-order chi connectivity index (χ1) is 9.15. The molecule has 0 amide bonds. The predicted molar refractivity (Wildman–Crippen MR) is 77.5 cm³/mol. The molecule has 0 aliphatic carbocycles. The highest BCUT2D eigenvalue weighted by molar-refractivity contribution is 5.33. The van der Waals surface area contributed by atoms with Crippen LogP contribution in [0.5, 0.6) is 0 Å². The van der Waals surface area contributed by atoms with Gasteiger partial charge < -0.3 is 5.32 Å². The third-order valence-electron chi connectivity index (χ3n) is 3.42. The molecule has 4 heteroatoms. The van der Waals surface area contributed by atoms with Crippen LogP contribution in [0.15, 0.2) is 36.5 Å². The molecule has 1 N–H and O–H groups in total. The minimum absolute atomic E-state index is 0.0432. The molecule has 0 unspecified atom stereocenters. The fourth-order valence-electron chi connectivity index (χ4n) is 2.16. The Balaban J connectivity index is 2.24. The van der Waals surface area contributed by atoms with Crippen LogP contribution < -0.4 is 5.32 Å². The van der Waals surface area contributed by atoms with E-state index in [-0.39, 0.29) is 5.41 Å². The molecule has 102 valence electrons. The average molecular weight is 258 g/mol. The number of rotatable bonds is 6. The van der Waals surface area contributed by atoms with Crippen molar-refractivity contribution in [2.24, 2.45) is 0 Å². The van der Waals surface area contributed by atoms with Gasteiger partial charge in [0.05, 0.1) is 17.6 Å². The van der Waals surface area contributed by atoms with E-state index in [2.05, 4.69) is 48.5 Å². The van der Waals surface area contributed by atoms with E-state index in [0.29, 0.717) is 0 Å². The number of para-hydroxylation sites is 1. The first-order valence-electron chi connectivity index (χ1n) is 6.82. The van der Waals surface area contributed by atoms with Gasteiger partial charge in [0.25, 0.3) is 0 Å². The van der Waals surface area contributed by atoms with Crippen LogP contribution in [0.25, 0.3) is 5.69 Å². The van der Waals surface area contributed by atoms with Crippen molar-refractivity contribution < 1.29 is 0 Å². The molecule has 0 radical (unpaired) electrons. The molecule has 0 saturated carbocycles. The summed E-state index contributed by atoms with van der Waals surface area (Å²) in [6.45, 7) is 8.61. The molecule has 0 saturated heterocycles. The Morgan fingerprint density at radius 1 is 1.21 bits per heavy atom. The maximum Gasteiger partial charge on any atom is 0.0735 e. The summed E-state index contributed by atoms with van der Waals surface area (Å²) in [6, 6.07) is 10.2. The van der Waals surface area contributed by atoms with E-state index in [9.17, 15) is 0 Å². The van der Waals surface area contributed by atoms with Crippen molar-refractivity contribution in [1.82, 2.24) is 20.3 Å². The zero-order valence-electron chi connectivity index (χ0n) is 11.9. The second kappa shape index (κ2) is 5.97. The van der Waals surface area contributed by atoms with Gasteiger partial charge in [-0.2, -0.15) is 0 Å². The van der Waals surface area contributed by atoms with Crippen molar-refractivity contribution in [3.63, 3.8) is 0 Å². The van der Waals surface area contributed by atoms with E-state index in [0.717, 1.165) is 30.9 Å². The zero-order chi connectivity index (χ0) is 13.7. The Hall–Kier alpha value is -1.68. The number of nitrogens with one attached hydrogen (secondary N) is 1. The smallest absolute Gasteiger partial charge is 0.0735 e. The molecule has 1 aromatic carbocycles. The van der Waals surface area contributed by atoms with E-state index in [1.807, 2.05) is 29.1 Å². The van der Waals surface area contributed by atoms with Crippen molar-refractivity contribution in [1.29, 1.82) is 0 Å². The summed E-state index contributed by atoms with van der Waals surface area (Å²) in [4.78, 5) is 0. The highest BCUT2D eigenvalue weighted by atomic mass is 15.4. The van der Waals surface area contributed by atoms with Crippen LogP contribution in [0, 0.1) is 0 Å². The van der Waals surface area contributed by atoms with Crippen LogP contribution in [-0.2, 0) is 5.41 Å². The Kier molecular flexibility index (Phi) is 4.32. The van der Waals surface area contributed by atoms with Crippen molar-refractivity contribution >= 4 is 0 Å². The summed E-state index contributed by atoms with van der Waals surface area (Å²) in [5, 5.41) is 11.7. The quantitative estimate of drug-likeness (QED) is 0.810. The average Bonchev–Trinajstić information content (AvgIpc) is 2.90. The Labute approximate surface area is 114 Å². The Morgan fingerprint density at radius 2 is 1.95 bits per heavy atom. The van der Waals surface area contributed by atoms with E-state index in [1.54, 1.807) is 0 Å². The van der Waals surface area contributed by atoms with Gasteiger partial charge in [-0.25, -0.2) is 4.68 Å². The first kappa shape index (κ1) is 13.7. The van der Waals surface area contributed by atoms with Gasteiger partial charge in [-0.05, 0) is 31.6 Å². The van der Waals surface area contributed by atoms with Crippen LogP contribution in [0.4, 0.5) is 0 Å². The van der Waals surface area contributed by atoms with E-state index in [4.69, 9.17) is 0 Å². The summed E-state index contributed by atoms with van der Waals surface area (Å²) in [5.74, 6) is 0. The van der Waals surface area contributed by atoms with Crippen molar-refractivity contribution in [3.8, 4) is 5.69 Å². The summed E-state index contributed by atoms with van der Waals surface area (Å²) >= 11 is 0. The molecule has 0 atom stereocenters. The second-order valence-corrected chi connectivity index (χ2v) is 5.35. The number of benzene rings is 1. The van der Waals surface area contributed by atoms with Gasteiger partial charge in [-0.1, -0.05) is 44.2 Å². The van der Waals surface area contributed by atoms with Crippen LogP contribution in [-0.4, -0.2) is 28.1 Å². The van der Waals surface area contributed by atoms with Gasteiger partial charge in [-0.3, -0.25) is 0 Å². The molecule has 1 aromatic heterocycles. The maximum absolute atomic E-state index is 4.23. The number of nitrogens with zero attached hydrogens (tertiary/aromatic N) is 3. The van der Waals surface area contributed by atoms with E-state index < -0.39 is 0 Å². The predicted octanol–water partition coefficient (Wildman–Crippen LogP) is 2.54. The van der Waals surface area contributed by atoms with Crippen LogP contribution in [0.1, 0.15) is 32.9 Å². The molecule has 0 bridgehead atoms. The molecule has 2 rings (SSSR count). The monoisotopic (exact) mass is 258 g/mol. The second-order valence-electron chi connectivity index (χ2n) is 5.35. The standard InChI is InChI=1S/C15H22N4/c1-4-16-11-10-15(2,3)14-12-17-18-19(14)13-8-6-5-7-9-13/h5-9,12,16H,4,10-11H2,1-3H3. The maximum atomic E-state index is 4.23. The van der Waals surface area contributed by atoms with Gasteiger partial charge in [0.15, 0.2) is 0 Å². The van der Waals surface area contributed by atoms with E-state index >= 15 is 0 Å². The lowest BCUT2D eigenvalue weighted by atomic mass is 9.85. The van der Waals surface area contributed by atoms with Gasteiger partial charge in [-0.15, -0.1) is 5.10 Å². The van der Waals surface area contributed by atoms with Crippen molar-refractivity contribution in [2.45, 2.75) is 32.6 Å². The number of hydrogen-bond donors (Lipinski definition) is 1. The lowest BCUT2D eigenvalue weighted by molar-refractivity contribution is 0.437. The zero-order valence-corrected chi connectivity index (χ0v) is 11.9. The van der Waals surface area contributed by atoms with Crippen molar-refractivity contribution in [2.75, 3.05) is 13.1 Å². The summed E-state index contributed by atoms with van der Waals surface area (Å²) in [7, 11) is 0. The van der Waals surface area contributed by atoms with Gasteiger partial charge in [0.2, 0.25) is 0 Å². The molecule has 19 heavy (non-hydrogen) atoms. The highest BCUT2D eigenvalue weighted by Gasteiger charge is 2.25. The SMILES string of the molecule is CCNCCC(C)(C)c1cnnn1-c1ccccc1. The molecule has 0 spiro atoms. The molecule has 0 fully saturated rings. The molecule has 0 aliphatic rings. The first-order valence-corrected chi connectivity index (χ1v) is 6.82. The molecule has 4 nitrogen and oxygen atoms in total. The summed E-state index contributed by atoms with van der Waals surface area (Å²) in [5.41, 5.74) is 2.25. The Morgan fingerprint density at radius 3 is 2.63 bits per heavy atom. The third-order valence-corrected chi connectivity index (χ3v) is 3.42. The van der Waals surface area contributed by atoms with Gasteiger partial charge in [0.1, 0.15) is 0 Å². The fraction of sp³-hybridized carbons (Fsp3) is 0.467. The van der Waals surface area contributed by atoms with Crippen LogP contribution >= 0.6 is 0 Å². The van der Waals surface area contributed by atoms with Crippen molar-refractivity contribution in [3.05, 3.63) is 42.2 Å². The third kappa shape index (κ3) is 3.20. The van der Waals surface area contributed by atoms with Gasteiger partial charge in [0, 0.05) is 5.41 Å². The van der Waals surface area contributed by atoms with E-state index in [1.165, 1.54) is 0 Å². The lowest BCUT2D eigenvalue weighted by Gasteiger charge is -2.25. The minimum Gasteiger partial charge on any atom is -0.317 e. The number of hydrogen-bond acceptors (Lipinski definition) is 3. The lowest BCUT2D eigenvalue weighted by Crippen LogP contribution is -2.27. The minimum atomic E-state index is 0.0432. The Bertz CT molecular complexity index is 502. The van der Waals surface area contributed by atoms with Crippen LogP contribution in [0.2, 0.25) is 0 Å². The number of aromatic nitrogens is 3. The molecular formula is C15H22N4. The largest absolute Gasteiger partial charge is 0.317 e. The molecule has 1 heterocycles. The van der Waals surface area contributed by atoms with Gasteiger partial charge >= 0.3 is 0 Å². The summed E-state index contributed by atoms with van der Waals surface area (Å²) < 4.78 is 1.94. The summed E-state index contributed by atoms with van der Waals surface area (Å²) in [6.07, 6.45) is 2.93.